The zero-order chi connectivity index (χ0) is 39.7. The van der Waals surface area contributed by atoms with Crippen LogP contribution in [-0.4, -0.2) is 88.5 Å². The van der Waals surface area contributed by atoms with Gasteiger partial charge < -0.3 is 29.5 Å². The van der Waals surface area contributed by atoms with E-state index in [9.17, 15) is 37.5 Å². The number of fused-ring (bicyclic) bond motifs is 3. The third-order valence-corrected chi connectivity index (χ3v) is 11.2. The third kappa shape index (κ3) is 6.24. The highest BCUT2D eigenvalue weighted by atomic mass is 35.5. The number of benzene rings is 1. The number of carbonyl (C=O) groups excluding carboxylic acids is 3. The van der Waals surface area contributed by atoms with Crippen molar-refractivity contribution in [2.24, 2.45) is 0 Å². The molecule has 1 saturated heterocycles. The second-order valence-electron chi connectivity index (χ2n) is 14.3. The minimum Gasteiger partial charge on any atom is -0.505 e. The van der Waals surface area contributed by atoms with Gasteiger partial charge in [0.2, 0.25) is 11.7 Å². The SMILES string of the molecule is [C-]#[N+]C1(C(=O)N2CC=C(c3nc4n(CC(=O)Nc5ccc(C(F)(F)F)cc5Cl)c5c(c(=O)n4n3)C3(CCN(C(=O)c4ncccc4O)CC3)O[C@@H]5C)CC2)CC1. The molecule has 3 amide bonds. The monoisotopic (exact) mass is 791 g/mol. The number of aromatic hydroxyl groups is 1. The van der Waals surface area contributed by atoms with Crippen molar-refractivity contribution in [2.75, 3.05) is 31.5 Å². The normalized spacial score (nSPS) is 19.7. The molecule has 8 rings (SSSR count). The van der Waals surface area contributed by atoms with Crippen LogP contribution in [0.15, 0.2) is 47.4 Å². The average Bonchev–Trinajstić information content (AvgIpc) is 3.76. The first-order valence-corrected chi connectivity index (χ1v) is 18.2. The Morgan fingerprint density at radius 2 is 1.88 bits per heavy atom. The number of halogens is 4. The van der Waals surface area contributed by atoms with Crippen molar-refractivity contribution >= 4 is 46.4 Å². The molecule has 15 nitrogen and oxygen atoms in total. The molecule has 6 heterocycles. The quantitative estimate of drug-likeness (QED) is 0.266. The smallest absolute Gasteiger partial charge is 0.416 e. The molecule has 19 heteroatoms. The number of nitrogens with one attached hydrogen (secondary N) is 1. The fraction of sp³-hybridized carbons (Fsp3) is 0.405. The second kappa shape index (κ2) is 13.4. The van der Waals surface area contributed by atoms with E-state index in [1.165, 1.54) is 27.8 Å². The van der Waals surface area contributed by atoms with Gasteiger partial charge in [0.05, 0.1) is 33.6 Å². The Hall–Kier alpha value is -5.80. The Kier molecular flexibility index (Phi) is 8.92. The average molecular weight is 792 g/mol. The van der Waals surface area contributed by atoms with Crippen molar-refractivity contribution in [2.45, 2.75) is 69.0 Å². The van der Waals surface area contributed by atoms with E-state index < -0.39 is 52.9 Å². The van der Waals surface area contributed by atoms with Crippen molar-refractivity contribution in [1.29, 1.82) is 0 Å². The van der Waals surface area contributed by atoms with Crippen LogP contribution >= 0.6 is 11.6 Å². The first-order valence-electron chi connectivity index (χ1n) is 17.8. The van der Waals surface area contributed by atoms with Gasteiger partial charge in [-0.2, -0.15) is 22.7 Å². The number of rotatable bonds is 6. The number of piperidine rings is 1. The number of nitrogens with zero attached hydrogens (tertiary/aromatic N) is 8. The number of hydrogen-bond acceptors (Lipinski definition) is 9. The van der Waals surface area contributed by atoms with Gasteiger partial charge in [-0.15, -0.1) is 5.10 Å². The molecule has 56 heavy (non-hydrogen) atoms. The molecule has 2 N–H and O–H groups in total. The predicted molar refractivity (Wildman–Crippen MR) is 192 cm³/mol. The molecule has 1 aromatic carbocycles. The topological polar surface area (TPSA) is 169 Å². The number of alkyl halides is 3. The van der Waals surface area contributed by atoms with E-state index >= 15 is 0 Å². The Balaban J connectivity index is 1.15. The van der Waals surface area contributed by atoms with Crippen molar-refractivity contribution in [3.63, 3.8) is 0 Å². The van der Waals surface area contributed by atoms with E-state index in [1.807, 2.05) is 0 Å². The number of pyridine rings is 1. The van der Waals surface area contributed by atoms with Crippen LogP contribution in [-0.2, 0) is 32.6 Å². The summed E-state index contributed by atoms with van der Waals surface area (Å²) < 4.78 is 49.0. The van der Waals surface area contributed by atoms with Crippen molar-refractivity contribution in [3.8, 4) is 5.75 Å². The van der Waals surface area contributed by atoms with Gasteiger partial charge in [0.25, 0.3) is 11.5 Å². The molecule has 2 fully saturated rings. The summed E-state index contributed by atoms with van der Waals surface area (Å²) in [5.41, 5.74) is -2.65. The Bertz CT molecular complexity index is 2460. The lowest BCUT2D eigenvalue weighted by atomic mass is 9.85. The van der Waals surface area contributed by atoms with Crippen molar-refractivity contribution in [3.05, 3.63) is 97.7 Å². The number of ether oxygens (including phenoxy) is 1. The third-order valence-electron chi connectivity index (χ3n) is 10.9. The summed E-state index contributed by atoms with van der Waals surface area (Å²) in [7, 11) is 0. The van der Waals surface area contributed by atoms with E-state index in [0.717, 1.165) is 16.6 Å². The molecule has 290 valence electrons. The van der Waals surface area contributed by atoms with Crippen LogP contribution in [0.1, 0.15) is 78.3 Å². The molecule has 0 radical (unpaired) electrons. The van der Waals surface area contributed by atoms with E-state index in [1.54, 1.807) is 17.9 Å². The number of anilines is 1. The van der Waals surface area contributed by atoms with Gasteiger partial charge in [0.1, 0.15) is 17.9 Å². The molecule has 3 aromatic heterocycles. The van der Waals surface area contributed by atoms with Gasteiger partial charge in [-0.1, -0.05) is 17.7 Å². The van der Waals surface area contributed by atoms with E-state index in [4.69, 9.17) is 27.9 Å². The van der Waals surface area contributed by atoms with Crippen LogP contribution in [0.5, 0.6) is 5.75 Å². The maximum absolute atomic E-state index is 14.5. The number of amides is 3. The molecule has 0 unspecified atom stereocenters. The van der Waals surface area contributed by atoms with Gasteiger partial charge in [-0.05, 0) is 62.1 Å². The van der Waals surface area contributed by atoms with E-state index in [-0.39, 0.29) is 77.7 Å². The van der Waals surface area contributed by atoms with E-state index in [0.29, 0.717) is 43.1 Å². The number of carbonyl (C=O) groups is 3. The minimum absolute atomic E-state index is 0.00695. The lowest BCUT2D eigenvalue weighted by Gasteiger charge is -2.39. The highest BCUT2D eigenvalue weighted by Crippen LogP contribution is 2.48. The summed E-state index contributed by atoms with van der Waals surface area (Å²) >= 11 is 6.15. The summed E-state index contributed by atoms with van der Waals surface area (Å²) in [6, 6.07) is 5.43. The Labute approximate surface area is 321 Å². The molecule has 0 bridgehead atoms. The fourth-order valence-electron chi connectivity index (χ4n) is 7.79. The molecule has 1 saturated carbocycles. The van der Waals surface area contributed by atoms with Crippen LogP contribution < -0.4 is 10.9 Å². The zero-order valence-electron chi connectivity index (χ0n) is 29.8. The first kappa shape index (κ1) is 37.1. The lowest BCUT2D eigenvalue weighted by Crippen LogP contribution is -2.47. The maximum atomic E-state index is 14.5. The van der Waals surface area contributed by atoms with E-state index in [2.05, 4.69) is 20.2 Å². The summed E-state index contributed by atoms with van der Waals surface area (Å²) in [4.78, 5) is 69.9. The van der Waals surface area contributed by atoms with Gasteiger partial charge in [0.15, 0.2) is 11.5 Å². The lowest BCUT2D eigenvalue weighted by molar-refractivity contribution is -0.137. The van der Waals surface area contributed by atoms with Crippen LogP contribution in [0.25, 0.3) is 16.2 Å². The Morgan fingerprint density at radius 1 is 1.12 bits per heavy atom. The van der Waals surface area contributed by atoms with Crippen LogP contribution in [0.4, 0.5) is 18.9 Å². The summed E-state index contributed by atoms with van der Waals surface area (Å²) in [5.74, 6) is -1.45. The second-order valence-corrected chi connectivity index (χ2v) is 14.7. The highest BCUT2D eigenvalue weighted by Gasteiger charge is 2.60. The van der Waals surface area contributed by atoms with Gasteiger partial charge in [-0.3, -0.25) is 24.0 Å². The molecule has 1 spiro atoms. The molecular weight excluding hydrogens is 759 g/mol. The van der Waals surface area contributed by atoms with Crippen molar-refractivity contribution < 1.29 is 37.4 Å². The van der Waals surface area contributed by atoms with Gasteiger partial charge >= 0.3 is 17.6 Å². The standard InChI is InChI=1S/C37H33ClF3N9O6/c1-20-29-27(36(56-20)11-16-47(17-12-36)32(54)28-25(51)4-3-13-43-28)31(53)50-34(49(29)19-26(52)44-24-6-5-22(18-23(24)38)37(39,40)41)45-30(46-50)21-7-14-48(15-8-21)33(55)35(42-2)9-10-35/h3-7,13,18,20,51H,8-12,14-17,19H2,1H3,(H,44,52)/t20-/m1/s1. The highest BCUT2D eigenvalue weighted by molar-refractivity contribution is 6.33. The summed E-state index contributed by atoms with van der Waals surface area (Å²) in [6.45, 7) is 9.53. The molecule has 4 aromatic rings. The largest absolute Gasteiger partial charge is 0.505 e. The number of aromatic nitrogens is 5. The first-order chi connectivity index (χ1) is 26.6. The molecule has 3 aliphatic heterocycles. The zero-order valence-corrected chi connectivity index (χ0v) is 30.5. The summed E-state index contributed by atoms with van der Waals surface area (Å²) in [6.07, 6.45) is -0.465. The van der Waals surface area contributed by atoms with Crippen LogP contribution in [0, 0.1) is 6.57 Å². The molecule has 1 atom stereocenters. The van der Waals surface area contributed by atoms with Gasteiger partial charge in [-0.25, -0.2) is 11.6 Å². The Morgan fingerprint density at radius 3 is 2.50 bits per heavy atom. The summed E-state index contributed by atoms with van der Waals surface area (Å²) in [5, 5.41) is 17.1. The molecule has 4 aliphatic rings. The minimum atomic E-state index is -4.64. The van der Waals surface area contributed by atoms with Crippen LogP contribution in [0.3, 0.4) is 0 Å². The molecular formula is C37H33ClF3N9O6. The molecule has 1 aliphatic carbocycles. The maximum Gasteiger partial charge on any atom is 0.416 e. The predicted octanol–water partition coefficient (Wildman–Crippen LogP) is 4.59. The fourth-order valence-corrected chi connectivity index (χ4v) is 8.02. The van der Waals surface area contributed by atoms with Gasteiger partial charge in [0, 0.05) is 45.2 Å². The number of hydrogen-bond donors (Lipinski definition) is 2. The van der Waals surface area contributed by atoms with Crippen LogP contribution in [0.2, 0.25) is 5.02 Å². The number of likely N-dealkylation sites (tertiary alicyclic amines) is 1. The van der Waals surface area contributed by atoms with Crippen molar-refractivity contribution in [1.82, 2.24) is 33.9 Å².